The van der Waals surface area contributed by atoms with E-state index in [-0.39, 0.29) is 5.91 Å². The van der Waals surface area contributed by atoms with Crippen molar-refractivity contribution < 1.29 is 4.79 Å². The summed E-state index contributed by atoms with van der Waals surface area (Å²) in [4.78, 5) is 11.9. The van der Waals surface area contributed by atoms with Crippen molar-refractivity contribution in [3.05, 3.63) is 0 Å². The molecule has 2 rings (SSSR count). The van der Waals surface area contributed by atoms with E-state index in [0.29, 0.717) is 24.0 Å². The lowest BCUT2D eigenvalue weighted by Crippen LogP contribution is -2.41. The van der Waals surface area contributed by atoms with E-state index < -0.39 is 0 Å². The van der Waals surface area contributed by atoms with Gasteiger partial charge in [0.05, 0.1) is 0 Å². The number of nitrogens with one attached hydrogen (secondary N) is 2. The smallest absolute Gasteiger partial charge is 0.220 e. The highest BCUT2D eigenvalue weighted by atomic mass is 32.2. The molecule has 2 N–H and O–H groups in total. The summed E-state index contributed by atoms with van der Waals surface area (Å²) in [5.41, 5.74) is 0. The van der Waals surface area contributed by atoms with Gasteiger partial charge in [-0.05, 0) is 44.8 Å². The van der Waals surface area contributed by atoms with Crippen molar-refractivity contribution in [2.75, 3.05) is 12.0 Å². The molecule has 2 heterocycles. The molecule has 0 aliphatic carbocycles. The summed E-state index contributed by atoms with van der Waals surface area (Å²) >= 11 is 1.78. The molecule has 2 fully saturated rings. The lowest BCUT2D eigenvalue weighted by atomic mass is 9.89. The molecule has 0 aromatic carbocycles. The highest BCUT2D eigenvalue weighted by Gasteiger charge is 2.34. The molecule has 2 aliphatic heterocycles. The van der Waals surface area contributed by atoms with Crippen LogP contribution in [0.4, 0.5) is 0 Å². The predicted octanol–water partition coefficient (Wildman–Crippen LogP) is 1.77. The van der Waals surface area contributed by atoms with Crippen LogP contribution in [0.2, 0.25) is 0 Å². The van der Waals surface area contributed by atoms with Crippen LogP contribution in [0.3, 0.4) is 0 Å². The molecule has 1 unspecified atom stereocenters. The Bertz CT molecular complexity index is 260. The van der Waals surface area contributed by atoms with Gasteiger partial charge in [-0.3, -0.25) is 4.79 Å². The molecular formula is C13H24N2OS. The third-order valence-electron chi connectivity index (χ3n) is 3.87. The van der Waals surface area contributed by atoms with E-state index in [9.17, 15) is 4.79 Å². The summed E-state index contributed by atoms with van der Waals surface area (Å²) in [6.45, 7) is 2.08. The zero-order chi connectivity index (χ0) is 12.3. The summed E-state index contributed by atoms with van der Waals surface area (Å²) in [5.74, 6) is 1.86. The molecule has 98 valence electrons. The Balaban J connectivity index is 1.71. The molecule has 17 heavy (non-hydrogen) atoms. The Morgan fingerprint density at radius 3 is 2.65 bits per heavy atom. The third-order valence-corrected chi connectivity index (χ3v) is 4.70. The topological polar surface area (TPSA) is 41.1 Å². The number of hydrogen-bond acceptors (Lipinski definition) is 3. The number of hydrogen-bond donors (Lipinski definition) is 2. The molecule has 3 nitrogen and oxygen atoms in total. The van der Waals surface area contributed by atoms with E-state index in [1.807, 2.05) is 0 Å². The largest absolute Gasteiger partial charge is 0.353 e. The fourth-order valence-corrected chi connectivity index (χ4v) is 3.81. The van der Waals surface area contributed by atoms with Gasteiger partial charge in [0.25, 0.3) is 0 Å². The van der Waals surface area contributed by atoms with Crippen molar-refractivity contribution in [1.82, 2.24) is 10.6 Å². The second-order valence-corrected chi connectivity index (χ2v) is 6.51. The molecule has 0 aromatic rings. The number of rotatable bonds is 5. The van der Waals surface area contributed by atoms with Crippen LogP contribution < -0.4 is 10.6 Å². The van der Waals surface area contributed by atoms with Crippen LogP contribution in [0.5, 0.6) is 0 Å². The Labute approximate surface area is 108 Å². The summed E-state index contributed by atoms with van der Waals surface area (Å²) in [6.07, 6.45) is 7.82. The van der Waals surface area contributed by atoms with Gasteiger partial charge in [0.2, 0.25) is 5.91 Å². The Kier molecular flexibility index (Phi) is 4.74. The van der Waals surface area contributed by atoms with Gasteiger partial charge in [-0.25, -0.2) is 0 Å². The number of thioether (sulfide) groups is 1. The number of amides is 1. The SMILES string of the molecule is CSC[C@@H](C)NC(=O)CC1C[C@H]2CC[C@@H](C1)N2. The molecule has 0 spiro atoms. The first-order valence-electron chi connectivity index (χ1n) is 6.71. The molecule has 0 aromatic heterocycles. The maximum absolute atomic E-state index is 11.9. The molecule has 0 radical (unpaired) electrons. The monoisotopic (exact) mass is 256 g/mol. The van der Waals surface area contributed by atoms with E-state index >= 15 is 0 Å². The van der Waals surface area contributed by atoms with Crippen LogP contribution in [0.1, 0.15) is 39.0 Å². The first-order chi connectivity index (χ1) is 8.17. The maximum Gasteiger partial charge on any atom is 0.220 e. The lowest BCUT2D eigenvalue weighted by molar-refractivity contribution is -0.122. The molecular weight excluding hydrogens is 232 g/mol. The quantitative estimate of drug-likeness (QED) is 0.788. The standard InChI is InChI=1S/C13H24N2OS/c1-9(8-17-2)14-13(16)7-10-5-11-3-4-12(6-10)15-11/h9-12,15H,3-8H2,1-2H3,(H,14,16)/t9-,10?,11-,12+/m1/s1. The molecule has 0 saturated carbocycles. The minimum absolute atomic E-state index is 0.248. The second kappa shape index (κ2) is 6.10. The number of piperidine rings is 1. The van der Waals surface area contributed by atoms with E-state index in [0.717, 1.165) is 12.2 Å². The highest BCUT2D eigenvalue weighted by Crippen LogP contribution is 2.32. The van der Waals surface area contributed by atoms with Crippen molar-refractivity contribution in [3.8, 4) is 0 Å². The highest BCUT2D eigenvalue weighted by molar-refractivity contribution is 7.98. The summed E-state index contributed by atoms with van der Waals surface area (Å²) < 4.78 is 0. The van der Waals surface area contributed by atoms with Gasteiger partial charge in [0.1, 0.15) is 0 Å². The van der Waals surface area contributed by atoms with Gasteiger partial charge in [-0.15, -0.1) is 0 Å². The number of carbonyl (C=O) groups excluding carboxylic acids is 1. The Morgan fingerprint density at radius 1 is 1.41 bits per heavy atom. The third kappa shape index (κ3) is 3.88. The predicted molar refractivity (Wildman–Crippen MR) is 73.3 cm³/mol. The molecule has 2 aliphatic rings. The molecule has 1 amide bonds. The average Bonchev–Trinajstić information content (AvgIpc) is 2.58. The number of fused-ring (bicyclic) bond motifs is 2. The second-order valence-electron chi connectivity index (χ2n) is 5.60. The van der Waals surface area contributed by atoms with Crippen molar-refractivity contribution in [2.24, 2.45) is 5.92 Å². The van der Waals surface area contributed by atoms with E-state index in [4.69, 9.17) is 0 Å². The van der Waals surface area contributed by atoms with E-state index in [2.05, 4.69) is 23.8 Å². The Morgan fingerprint density at radius 2 is 2.06 bits per heavy atom. The fourth-order valence-electron chi connectivity index (χ4n) is 3.23. The number of carbonyl (C=O) groups is 1. The summed E-state index contributed by atoms with van der Waals surface area (Å²) in [6, 6.07) is 1.68. The maximum atomic E-state index is 11.9. The van der Waals surface area contributed by atoms with Crippen LogP contribution in [-0.2, 0) is 4.79 Å². The van der Waals surface area contributed by atoms with E-state index in [1.54, 1.807) is 11.8 Å². The van der Waals surface area contributed by atoms with Crippen LogP contribution >= 0.6 is 11.8 Å². The van der Waals surface area contributed by atoms with Gasteiger partial charge in [-0.2, -0.15) is 11.8 Å². The van der Waals surface area contributed by atoms with Crippen molar-refractivity contribution in [1.29, 1.82) is 0 Å². The van der Waals surface area contributed by atoms with Gasteiger partial charge < -0.3 is 10.6 Å². The normalized spacial score (nSPS) is 33.4. The minimum atomic E-state index is 0.248. The van der Waals surface area contributed by atoms with Crippen LogP contribution in [-0.4, -0.2) is 36.0 Å². The van der Waals surface area contributed by atoms with Gasteiger partial charge >= 0.3 is 0 Å². The first kappa shape index (κ1) is 13.2. The van der Waals surface area contributed by atoms with Crippen molar-refractivity contribution in [3.63, 3.8) is 0 Å². The zero-order valence-electron chi connectivity index (χ0n) is 10.9. The molecule has 4 atom stereocenters. The summed E-state index contributed by atoms with van der Waals surface area (Å²) in [7, 11) is 0. The Hall–Kier alpha value is -0.220. The van der Waals surface area contributed by atoms with Gasteiger partial charge in [0.15, 0.2) is 0 Å². The molecule has 2 bridgehead atoms. The molecule has 4 heteroatoms. The summed E-state index contributed by atoms with van der Waals surface area (Å²) in [5, 5.41) is 6.72. The minimum Gasteiger partial charge on any atom is -0.353 e. The van der Waals surface area contributed by atoms with Crippen LogP contribution in [0.15, 0.2) is 0 Å². The van der Waals surface area contributed by atoms with E-state index in [1.165, 1.54) is 25.7 Å². The van der Waals surface area contributed by atoms with Gasteiger partial charge in [0, 0.05) is 30.3 Å². The zero-order valence-corrected chi connectivity index (χ0v) is 11.7. The fraction of sp³-hybridized carbons (Fsp3) is 0.923. The lowest BCUT2D eigenvalue weighted by Gasteiger charge is -2.29. The van der Waals surface area contributed by atoms with Gasteiger partial charge in [-0.1, -0.05) is 0 Å². The van der Waals surface area contributed by atoms with Crippen molar-refractivity contribution in [2.45, 2.75) is 57.2 Å². The molecule has 2 saturated heterocycles. The first-order valence-corrected chi connectivity index (χ1v) is 8.11. The average molecular weight is 256 g/mol. The van der Waals surface area contributed by atoms with Crippen LogP contribution in [0, 0.1) is 5.92 Å². The van der Waals surface area contributed by atoms with Crippen molar-refractivity contribution >= 4 is 17.7 Å². The van der Waals surface area contributed by atoms with Crippen LogP contribution in [0.25, 0.3) is 0 Å².